The van der Waals surface area contributed by atoms with Crippen molar-refractivity contribution in [2.45, 2.75) is 26.2 Å². The van der Waals surface area contributed by atoms with Gasteiger partial charge in [-0.3, -0.25) is 4.79 Å². The Morgan fingerprint density at radius 3 is 2.41 bits per heavy atom. The first kappa shape index (κ1) is 16.3. The monoisotopic (exact) mass is 318 g/mol. The number of carbonyl (C=O) groups is 1. The van der Waals surface area contributed by atoms with Crippen LogP contribution in [0.3, 0.4) is 0 Å². The SMILES string of the molecule is CC(C)(C)c1ccc(OCC(=O)Nc2ccc(Cl)cn2)cc1. The lowest BCUT2D eigenvalue weighted by atomic mass is 9.87. The van der Waals surface area contributed by atoms with Crippen LogP contribution >= 0.6 is 11.6 Å². The van der Waals surface area contributed by atoms with Crippen LogP contribution in [0, 0.1) is 0 Å². The summed E-state index contributed by atoms with van der Waals surface area (Å²) in [4.78, 5) is 15.8. The molecule has 0 aliphatic rings. The molecule has 5 heteroatoms. The van der Waals surface area contributed by atoms with E-state index in [1.807, 2.05) is 24.3 Å². The number of nitrogens with one attached hydrogen (secondary N) is 1. The van der Waals surface area contributed by atoms with Gasteiger partial charge in [-0.15, -0.1) is 0 Å². The number of ether oxygens (including phenoxy) is 1. The number of benzene rings is 1. The van der Waals surface area contributed by atoms with Crippen molar-refractivity contribution >= 4 is 23.3 Å². The summed E-state index contributed by atoms with van der Waals surface area (Å²) in [5.41, 5.74) is 1.31. The number of amides is 1. The van der Waals surface area contributed by atoms with Crippen LogP contribution in [0.2, 0.25) is 5.02 Å². The van der Waals surface area contributed by atoms with Gasteiger partial charge in [0.25, 0.3) is 5.91 Å². The highest BCUT2D eigenvalue weighted by Gasteiger charge is 2.13. The fourth-order valence-corrected chi connectivity index (χ4v) is 1.94. The van der Waals surface area contributed by atoms with E-state index in [4.69, 9.17) is 16.3 Å². The molecule has 1 N–H and O–H groups in total. The van der Waals surface area contributed by atoms with Gasteiger partial charge in [-0.25, -0.2) is 4.98 Å². The minimum absolute atomic E-state index is 0.0703. The molecule has 0 spiro atoms. The lowest BCUT2D eigenvalue weighted by Gasteiger charge is -2.19. The van der Waals surface area contributed by atoms with Gasteiger partial charge in [0.15, 0.2) is 6.61 Å². The second-order valence-corrected chi connectivity index (χ2v) is 6.41. The predicted octanol–water partition coefficient (Wildman–Crippen LogP) is 4.05. The normalized spacial score (nSPS) is 11.1. The van der Waals surface area contributed by atoms with Gasteiger partial charge in [0.2, 0.25) is 0 Å². The fraction of sp³-hybridized carbons (Fsp3) is 0.294. The second-order valence-electron chi connectivity index (χ2n) is 5.97. The summed E-state index contributed by atoms with van der Waals surface area (Å²) in [6, 6.07) is 11.1. The largest absolute Gasteiger partial charge is 0.484 e. The number of hydrogen-bond acceptors (Lipinski definition) is 3. The topological polar surface area (TPSA) is 51.2 Å². The van der Waals surface area contributed by atoms with Gasteiger partial charge in [0.1, 0.15) is 11.6 Å². The molecule has 22 heavy (non-hydrogen) atoms. The van der Waals surface area contributed by atoms with Gasteiger partial charge in [0.05, 0.1) is 5.02 Å². The van der Waals surface area contributed by atoms with Crippen LogP contribution in [-0.4, -0.2) is 17.5 Å². The molecule has 0 unspecified atom stereocenters. The highest BCUT2D eigenvalue weighted by atomic mass is 35.5. The number of rotatable bonds is 4. The van der Waals surface area contributed by atoms with E-state index < -0.39 is 0 Å². The summed E-state index contributed by atoms with van der Waals surface area (Å²) < 4.78 is 5.47. The van der Waals surface area contributed by atoms with E-state index in [0.29, 0.717) is 16.6 Å². The Balaban J connectivity index is 1.87. The van der Waals surface area contributed by atoms with Crippen LogP contribution in [0.5, 0.6) is 5.75 Å². The quantitative estimate of drug-likeness (QED) is 0.925. The summed E-state index contributed by atoms with van der Waals surface area (Å²) in [6.45, 7) is 6.37. The van der Waals surface area contributed by atoms with E-state index in [1.165, 1.54) is 11.8 Å². The number of carbonyl (C=O) groups excluding carboxylic acids is 1. The van der Waals surface area contributed by atoms with Crippen molar-refractivity contribution in [1.29, 1.82) is 0 Å². The molecule has 2 rings (SSSR count). The summed E-state index contributed by atoms with van der Waals surface area (Å²) in [6.07, 6.45) is 1.48. The molecule has 4 nitrogen and oxygen atoms in total. The Kier molecular flexibility index (Phi) is 5.03. The average Bonchev–Trinajstić information content (AvgIpc) is 2.47. The maximum atomic E-state index is 11.8. The third kappa shape index (κ3) is 4.74. The maximum absolute atomic E-state index is 11.8. The molecule has 0 fully saturated rings. The molecule has 2 aromatic rings. The van der Waals surface area contributed by atoms with E-state index in [-0.39, 0.29) is 17.9 Å². The lowest BCUT2D eigenvalue weighted by molar-refractivity contribution is -0.118. The Morgan fingerprint density at radius 2 is 1.86 bits per heavy atom. The first-order valence-corrected chi connectivity index (χ1v) is 7.37. The molecule has 0 radical (unpaired) electrons. The zero-order valence-electron chi connectivity index (χ0n) is 12.9. The highest BCUT2D eigenvalue weighted by Crippen LogP contribution is 2.24. The standard InChI is InChI=1S/C17H19ClN2O2/c1-17(2,3)12-4-7-14(8-5-12)22-11-16(21)20-15-9-6-13(18)10-19-15/h4-10H,11H2,1-3H3,(H,19,20,21). The Labute approximate surface area is 135 Å². The summed E-state index contributed by atoms with van der Waals surface area (Å²) >= 11 is 5.73. The van der Waals surface area contributed by atoms with E-state index in [0.717, 1.165) is 0 Å². The number of hydrogen-bond donors (Lipinski definition) is 1. The maximum Gasteiger partial charge on any atom is 0.263 e. The Hall–Kier alpha value is -2.07. The van der Waals surface area contributed by atoms with Crippen molar-refractivity contribution in [2.75, 3.05) is 11.9 Å². The van der Waals surface area contributed by atoms with E-state index in [2.05, 4.69) is 31.1 Å². The van der Waals surface area contributed by atoms with E-state index in [9.17, 15) is 4.79 Å². The average molecular weight is 319 g/mol. The molecule has 1 amide bonds. The number of aromatic nitrogens is 1. The molecule has 0 atom stereocenters. The number of halogens is 1. The lowest BCUT2D eigenvalue weighted by Crippen LogP contribution is -2.20. The van der Waals surface area contributed by atoms with Crippen molar-refractivity contribution in [2.24, 2.45) is 0 Å². The van der Waals surface area contributed by atoms with Gasteiger partial charge >= 0.3 is 0 Å². The molecule has 0 aliphatic heterocycles. The highest BCUT2D eigenvalue weighted by molar-refractivity contribution is 6.30. The first-order valence-electron chi connectivity index (χ1n) is 6.99. The van der Waals surface area contributed by atoms with Gasteiger partial charge in [-0.1, -0.05) is 44.5 Å². The number of pyridine rings is 1. The second kappa shape index (κ2) is 6.79. The Morgan fingerprint density at radius 1 is 1.18 bits per heavy atom. The molecular formula is C17H19ClN2O2. The number of nitrogens with zero attached hydrogens (tertiary/aromatic N) is 1. The molecule has 1 heterocycles. The summed E-state index contributed by atoms with van der Waals surface area (Å²) in [5.74, 6) is 0.836. The molecule has 116 valence electrons. The zero-order valence-corrected chi connectivity index (χ0v) is 13.6. The third-order valence-corrected chi connectivity index (χ3v) is 3.31. The number of anilines is 1. The van der Waals surface area contributed by atoms with Gasteiger partial charge < -0.3 is 10.1 Å². The van der Waals surface area contributed by atoms with Crippen LogP contribution in [0.1, 0.15) is 26.3 Å². The summed E-state index contributed by atoms with van der Waals surface area (Å²) in [7, 11) is 0. The van der Waals surface area contributed by atoms with E-state index in [1.54, 1.807) is 12.1 Å². The van der Waals surface area contributed by atoms with Crippen LogP contribution in [0.15, 0.2) is 42.6 Å². The third-order valence-electron chi connectivity index (χ3n) is 3.09. The van der Waals surface area contributed by atoms with Crippen LogP contribution in [-0.2, 0) is 10.2 Å². The molecule has 1 aromatic heterocycles. The summed E-state index contributed by atoms with van der Waals surface area (Å²) in [5, 5.41) is 3.16. The van der Waals surface area contributed by atoms with E-state index >= 15 is 0 Å². The fourth-order valence-electron chi connectivity index (χ4n) is 1.83. The van der Waals surface area contributed by atoms with Crippen molar-refractivity contribution in [3.8, 4) is 5.75 Å². The van der Waals surface area contributed by atoms with Crippen LogP contribution in [0.4, 0.5) is 5.82 Å². The minimum atomic E-state index is -0.269. The zero-order chi connectivity index (χ0) is 16.2. The Bertz CT molecular complexity index is 631. The molecule has 0 saturated heterocycles. The molecule has 0 bridgehead atoms. The molecule has 1 aromatic carbocycles. The molecular weight excluding hydrogens is 300 g/mol. The van der Waals surface area contributed by atoms with Crippen molar-refractivity contribution in [3.63, 3.8) is 0 Å². The molecule has 0 aliphatic carbocycles. The molecule has 0 saturated carbocycles. The predicted molar refractivity (Wildman–Crippen MR) is 88.5 cm³/mol. The van der Waals surface area contributed by atoms with Gasteiger partial charge in [-0.05, 0) is 35.2 Å². The van der Waals surface area contributed by atoms with Gasteiger partial charge in [0, 0.05) is 6.20 Å². The van der Waals surface area contributed by atoms with Crippen LogP contribution < -0.4 is 10.1 Å². The van der Waals surface area contributed by atoms with Gasteiger partial charge in [-0.2, -0.15) is 0 Å². The van der Waals surface area contributed by atoms with Crippen molar-refractivity contribution < 1.29 is 9.53 Å². The first-order chi connectivity index (χ1) is 10.3. The van der Waals surface area contributed by atoms with Crippen LogP contribution in [0.25, 0.3) is 0 Å². The van der Waals surface area contributed by atoms with Crippen molar-refractivity contribution in [1.82, 2.24) is 4.98 Å². The minimum Gasteiger partial charge on any atom is -0.484 e. The van der Waals surface area contributed by atoms with Crippen molar-refractivity contribution in [3.05, 3.63) is 53.2 Å². The smallest absolute Gasteiger partial charge is 0.263 e.